The van der Waals surface area contributed by atoms with Crippen LogP contribution in [0.15, 0.2) is 60.8 Å². The third-order valence-electron chi connectivity index (χ3n) is 5.08. The highest BCUT2D eigenvalue weighted by atomic mass is 19.4. The number of anilines is 1. The van der Waals surface area contributed by atoms with Gasteiger partial charge < -0.3 is 20.5 Å². The second-order valence-corrected chi connectivity index (χ2v) is 7.71. The summed E-state index contributed by atoms with van der Waals surface area (Å²) in [6.45, 7) is 0.501. The van der Waals surface area contributed by atoms with Crippen molar-refractivity contribution < 1.29 is 31.8 Å². The molecule has 182 valence electrons. The Morgan fingerprint density at radius 1 is 1.00 bits per heavy atom. The molecule has 0 saturated carbocycles. The first kappa shape index (κ1) is 25.4. The number of nitrogens with one attached hydrogen (secondary N) is 2. The Morgan fingerprint density at radius 3 is 2.35 bits per heavy atom. The summed E-state index contributed by atoms with van der Waals surface area (Å²) in [5.74, 6) is -0.776. The average molecular weight is 481 g/mol. The van der Waals surface area contributed by atoms with Crippen molar-refractivity contribution in [2.24, 2.45) is 0 Å². The van der Waals surface area contributed by atoms with Gasteiger partial charge in [-0.3, -0.25) is 0 Å². The number of ether oxygens (including phenoxy) is 1. The first-order valence-electron chi connectivity index (χ1n) is 10.4. The molecule has 5 nitrogen and oxygen atoms in total. The summed E-state index contributed by atoms with van der Waals surface area (Å²) in [6, 6.07) is 11.5. The molecule has 0 aliphatic heterocycles. The Balaban J connectivity index is 1.71. The lowest BCUT2D eigenvalue weighted by molar-refractivity contribution is -0.137. The SMILES string of the molecule is COc1cccc(CNC[C@@H](O)[C@H](Cc2cc(F)cc(F)c2)Nc2ccc(C(F)(F)F)cn2)c1. The maximum atomic E-state index is 13.7. The van der Waals surface area contributed by atoms with Crippen molar-refractivity contribution in [1.82, 2.24) is 10.3 Å². The minimum Gasteiger partial charge on any atom is -0.497 e. The van der Waals surface area contributed by atoms with E-state index in [1.807, 2.05) is 18.2 Å². The van der Waals surface area contributed by atoms with Crippen LogP contribution < -0.4 is 15.4 Å². The Labute approximate surface area is 193 Å². The molecule has 34 heavy (non-hydrogen) atoms. The van der Waals surface area contributed by atoms with E-state index in [1.165, 1.54) is 0 Å². The normalized spacial score (nSPS) is 13.4. The van der Waals surface area contributed by atoms with Crippen molar-refractivity contribution in [2.45, 2.75) is 31.3 Å². The van der Waals surface area contributed by atoms with Gasteiger partial charge >= 0.3 is 6.18 Å². The quantitative estimate of drug-likeness (QED) is 0.371. The molecule has 0 unspecified atom stereocenters. The molecule has 10 heteroatoms. The molecule has 3 rings (SSSR count). The third kappa shape index (κ3) is 7.39. The number of rotatable bonds is 10. The van der Waals surface area contributed by atoms with Crippen LogP contribution in [-0.2, 0) is 19.1 Å². The van der Waals surface area contributed by atoms with E-state index in [1.54, 1.807) is 13.2 Å². The van der Waals surface area contributed by atoms with Crippen LogP contribution in [0, 0.1) is 11.6 Å². The first-order valence-corrected chi connectivity index (χ1v) is 10.4. The van der Waals surface area contributed by atoms with Crippen molar-refractivity contribution in [3.05, 3.63) is 89.1 Å². The Kier molecular flexibility index (Phi) is 8.41. The van der Waals surface area contributed by atoms with Gasteiger partial charge in [0.05, 0.1) is 24.8 Å². The number of aliphatic hydroxyl groups is 1. The minimum absolute atomic E-state index is 0.000606. The van der Waals surface area contributed by atoms with E-state index in [0.717, 1.165) is 35.9 Å². The highest BCUT2D eigenvalue weighted by Crippen LogP contribution is 2.29. The van der Waals surface area contributed by atoms with E-state index in [9.17, 15) is 27.1 Å². The number of benzene rings is 2. The molecule has 2 atom stereocenters. The second kappa shape index (κ2) is 11.3. The lowest BCUT2D eigenvalue weighted by Crippen LogP contribution is -2.42. The van der Waals surface area contributed by atoms with Crippen LogP contribution in [0.2, 0.25) is 0 Å². The predicted octanol–water partition coefficient (Wildman–Crippen LogP) is 4.56. The second-order valence-electron chi connectivity index (χ2n) is 7.71. The number of aromatic nitrogens is 1. The number of halogens is 5. The van der Waals surface area contributed by atoms with Crippen molar-refractivity contribution >= 4 is 5.82 Å². The topological polar surface area (TPSA) is 66.4 Å². The molecule has 3 aromatic rings. The summed E-state index contributed by atoms with van der Waals surface area (Å²) in [7, 11) is 1.55. The van der Waals surface area contributed by atoms with Crippen LogP contribution in [0.5, 0.6) is 5.75 Å². The Bertz CT molecular complexity index is 1060. The van der Waals surface area contributed by atoms with E-state index in [2.05, 4.69) is 15.6 Å². The summed E-state index contributed by atoms with van der Waals surface area (Å²) in [4.78, 5) is 3.77. The Morgan fingerprint density at radius 2 is 1.74 bits per heavy atom. The van der Waals surface area contributed by atoms with Gasteiger partial charge in [-0.1, -0.05) is 12.1 Å². The van der Waals surface area contributed by atoms with Crippen LogP contribution in [0.25, 0.3) is 0 Å². The van der Waals surface area contributed by atoms with Crippen molar-refractivity contribution in [2.75, 3.05) is 19.0 Å². The van der Waals surface area contributed by atoms with E-state index >= 15 is 0 Å². The maximum absolute atomic E-state index is 13.7. The molecule has 0 aliphatic carbocycles. The van der Waals surface area contributed by atoms with Gasteiger partial charge in [0.1, 0.15) is 23.2 Å². The third-order valence-corrected chi connectivity index (χ3v) is 5.08. The number of alkyl halides is 3. The fourth-order valence-corrected chi connectivity index (χ4v) is 3.39. The van der Waals surface area contributed by atoms with Gasteiger partial charge in [0.25, 0.3) is 0 Å². The summed E-state index contributed by atoms with van der Waals surface area (Å²) in [5.41, 5.74) is 0.267. The standard InChI is InChI=1S/C24H24F5N3O2/c1-34-20-4-2-3-15(9-20)12-30-14-22(33)21(10-16-7-18(25)11-19(26)8-16)32-23-6-5-17(13-31-23)24(27,28)29/h2-9,11,13,21-22,30,33H,10,12,14H2,1H3,(H,31,32)/t21-,22+/m0/s1. The highest BCUT2D eigenvalue weighted by molar-refractivity contribution is 5.38. The van der Waals surface area contributed by atoms with Crippen LogP contribution in [0.4, 0.5) is 27.8 Å². The van der Waals surface area contributed by atoms with Gasteiger partial charge in [0, 0.05) is 25.4 Å². The molecule has 0 radical (unpaired) electrons. The molecule has 0 spiro atoms. The number of pyridine rings is 1. The number of hydrogen-bond acceptors (Lipinski definition) is 5. The minimum atomic E-state index is -4.53. The van der Waals surface area contributed by atoms with Gasteiger partial charge in [-0.15, -0.1) is 0 Å². The van der Waals surface area contributed by atoms with Crippen molar-refractivity contribution in [1.29, 1.82) is 0 Å². The molecular weight excluding hydrogens is 457 g/mol. The van der Waals surface area contributed by atoms with Crippen molar-refractivity contribution in [3.63, 3.8) is 0 Å². The monoisotopic (exact) mass is 481 g/mol. The number of aliphatic hydroxyl groups excluding tert-OH is 1. The largest absolute Gasteiger partial charge is 0.497 e. The van der Waals surface area contributed by atoms with E-state index in [-0.39, 0.29) is 24.3 Å². The van der Waals surface area contributed by atoms with Crippen LogP contribution in [0.3, 0.4) is 0 Å². The summed E-state index contributed by atoms with van der Waals surface area (Å²) < 4.78 is 70.9. The zero-order valence-corrected chi connectivity index (χ0v) is 18.2. The van der Waals surface area contributed by atoms with Gasteiger partial charge in [0.15, 0.2) is 0 Å². The lowest BCUT2D eigenvalue weighted by Gasteiger charge is -2.25. The van der Waals surface area contributed by atoms with E-state index in [0.29, 0.717) is 18.5 Å². The fourth-order valence-electron chi connectivity index (χ4n) is 3.39. The smallest absolute Gasteiger partial charge is 0.417 e. The summed E-state index contributed by atoms with van der Waals surface area (Å²) >= 11 is 0. The van der Waals surface area contributed by atoms with Crippen LogP contribution in [-0.4, -0.2) is 35.9 Å². The van der Waals surface area contributed by atoms with Gasteiger partial charge in [-0.2, -0.15) is 13.2 Å². The molecule has 0 aliphatic rings. The summed E-state index contributed by atoms with van der Waals surface area (Å²) in [5, 5.41) is 16.8. The lowest BCUT2D eigenvalue weighted by atomic mass is 10.0. The zero-order chi connectivity index (χ0) is 24.7. The molecule has 0 amide bonds. The van der Waals surface area contributed by atoms with Gasteiger partial charge in [0.2, 0.25) is 0 Å². The zero-order valence-electron chi connectivity index (χ0n) is 18.2. The molecule has 3 N–H and O–H groups in total. The molecule has 0 fully saturated rings. The first-order chi connectivity index (χ1) is 16.1. The Hall–Kier alpha value is -3.24. The number of hydrogen-bond donors (Lipinski definition) is 3. The number of methoxy groups -OCH3 is 1. The molecule has 1 aromatic heterocycles. The fraction of sp³-hybridized carbons (Fsp3) is 0.292. The molecule has 0 saturated heterocycles. The van der Waals surface area contributed by atoms with Gasteiger partial charge in [-0.05, 0) is 53.9 Å². The molecule has 1 heterocycles. The van der Waals surface area contributed by atoms with Crippen LogP contribution >= 0.6 is 0 Å². The average Bonchev–Trinajstić information content (AvgIpc) is 2.78. The van der Waals surface area contributed by atoms with E-state index in [4.69, 9.17) is 4.74 Å². The highest BCUT2D eigenvalue weighted by Gasteiger charge is 2.31. The van der Waals surface area contributed by atoms with Crippen LogP contribution in [0.1, 0.15) is 16.7 Å². The maximum Gasteiger partial charge on any atom is 0.417 e. The number of nitrogens with zero attached hydrogens (tertiary/aromatic N) is 1. The predicted molar refractivity (Wildman–Crippen MR) is 117 cm³/mol. The molecule has 0 bridgehead atoms. The molecule has 2 aromatic carbocycles. The summed E-state index contributed by atoms with van der Waals surface area (Å²) in [6.07, 6.45) is -4.93. The van der Waals surface area contributed by atoms with Crippen molar-refractivity contribution in [3.8, 4) is 5.75 Å². The molecular formula is C24H24F5N3O2. The van der Waals surface area contributed by atoms with E-state index < -0.39 is 35.5 Å². The van der Waals surface area contributed by atoms with Gasteiger partial charge in [-0.25, -0.2) is 13.8 Å².